The van der Waals surface area contributed by atoms with Gasteiger partial charge >= 0.3 is 5.97 Å². The first-order valence-electron chi connectivity index (χ1n) is 7.71. The SMILES string of the molecule is CC(C)COC(=O)c1ccc(Nc2ncnc3c2cnn3C)cc1. The molecule has 0 amide bonds. The van der Waals surface area contributed by atoms with E-state index >= 15 is 0 Å². The Bertz CT molecular complexity index is 855. The molecule has 0 saturated heterocycles. The molecule has 0 fully saturated rings. The summed E-state index contributed by atoms with van der Waals surface area (Å²) in [5.41, 5.74) is 2.09. The molecule has 1 N–H and O–H groups in total. The highest BCUT2D eigenvalue weighted by molar-refractivity contribution is 5.91. The Morgan fingerprint density at radius 2 is 2.00 bits per heavy atom. The van der Waals surface area contributed by atoms with Crippen LogP contribution in [0.2, 0.25) is 0 Å². The molecule has 2 heterocycles. The number of carbonyl (C=O) groups is 1. The van der Waals surface area contributed by atoms with E-state index in [-0.39, 0.29) is 5.97 Å². The third-order valence-electron chi connectivity index (χ3n) is 3.46. The number of rotatable bonds is 5. The van der Waals surface area contributed by atoms with Gasteiger partial charge in [-0.25, -0.2) is 14.8 Å². The molecule has 3 rings (SSSR count). The van der Waals surface area contributed by atoms with Gasteiger partial charge in [0, 0.05) is 12.7 Å². The number of carbonyl (C=O) groups excluding carboxylic acids is 1. The summed E-state index contributed by atoms with van der Waals surface area (Å²) in [6.45, 7) is 4.42. The quantitative estimate of drug-likeness (QED) is 0.726. The molecule has 1 aromatic carbocycles. The van der Waals surface area contributed by atoms with Crippen molar-refractivity contribution in [3.8, 4) is 0 Å². The number of nitrogens with zero attached hydrogens (tertiary/aromatic N) is 4. The van der Waals surface area contributed by atoms with Gasteiger partial charge in [0.1, 0.15) is 12.1 Å². The molecular weight excluding hydrogens is 306 g/mol. The van der Waals surface area contributed by atoms with E-state index in [0.29, 0.717) is 23.9 Å². The van der Waals surface area contributed by atoms with Gasteiger partial charge in [-0.2, -0.15) is 5.10 Å². The van der Waals surface area contributed by atoms with Crippen LogP contribution in [0.4, 0.5) is 11.5 Å². The summed E-state index contributed by atoms with van der Waals surface area (Å²) in [6.07, 6.45) is 3.21. The van der Waals surface area contributed by atoms with E-state index in [4.69, 9.17) is 4.74 Å². The fourth-order valence-electron chi connectivity index (χ4n) is 2.21. The van der Waals surface area contributed by atoms with Gasteiger partial charge in [0.15, 0.2) is 5.65 Å². The minimum absolute atomic E-state index is 0.313. The van der Waals surface area contributed by atoms with Crippen molar-refractivity contribution < 1.29 is 9.53 Å². The minimum atomic E-state index is -0.313. The van der Waals surface area contributed by atoms with Crippen LogP contribution in [0.1, 0.15) is 24.2 Å². The predicted octanol–water partition coefficient (Wildman–Crippen LogP) is 2.92. The van der Waals surface area contributed by atoms with E-state index in [9.17, 15) is 4.79 Å². The largest absolute Gasteiger partial charge is 0.462 e. The lowest BCUT2D eigenvalue weighted by molar-refractivity contribution is 0.0459. The maximum atomic E-state index is 11.9. The molecule has 0 aliphatic rings. The van der Waals surface area contributed by atoms with Crippen LogP contribution in [-0.4, -0.2) is 32.3 Å². The van der Waals surface area contributed by atoms with Gasteiger partial charge < -0.3 is 10.1 Å². The molecule has 0 saturated carbocycles. The third-order valence-corrected chi connectivity index (χ3v) is 3.46. The Hall–Kier alpha value is -2.96. The van der Waals surface area contributed by atoms with Crippen LogP contribution >= 0.6 is 0 Å². The van der Waals surface area contributed by atoms with E-state index in [2.05, 4.69) is 20.4 Å². The van der Waals surface area contributed by atoms with E-state index in [1.165, 1.54) is 6.33 Å². The Morgan fingerprint density at radius 1 is 1.25 bits per heavy atom. The topological polar surface area (TPSA) is 81.9 Å². The molecule has 7 nitrogen and oxygen atoms in total. The zero-order valence-corrected chi connectivity index (χ0v) is 13.9. The number of ether oxygens (including phenoxy) is 1. The molecule has 0 spiro atoms. The summed E-state index contributed by atoms with van der Waals surface area (Å²) in [4.78, 5) is 20.4. The highest BCUT2D eigenvalue weighted by atomic mass is 16.5. The monoisotopic (exact) mass is 325 g/mol. The van der Waals surface area contributed by atoms with Crippen LogP contribution < -0.4 is 5.32 Å². The van der Waals surface area contributed by atoms with Crippen molar-refractivity contribution in [3.05, 3.63) is 42.4 Å². The molecule has 3 aromatic rings. The van der Waals surface area contributed by atoms with Gasteiger partial charge in [-0.3, -0.25) is 4.68 Å². The van der Waals surface area contributed by atoms with E-state index in [1.807, 2.05) is 33.0 Å². The van der Waals surface area contributed by atoms with Gasteiger partial charge in [-0.05, 0) is 30.2 Å². The molecule has 0 bridgehead atoms. The summed E-state index contributed by atoms with van der Waals surface area (Å²) in [5, 5.41) is 8.24. The zero-order chi connectivity index (χ0) is 17.1. The second-order valence-corrected chi connectivity index (χ2v) is 5.92. The average molecular weight is 325 g/mol. The molecule has 124 valence electrons. The molecule has 0 aliphatic carbocycles. The smallest absolute Gasteiger partial charge is 0.338 e. The van der Waals surface area contributed by atoms with Crippen LogP contribution in [0.25, 0.3) is 11.0 Å². The number of hydrogen-bond acceptors (Lipinski definition) is 6. The van der Waals surface area contributed by atoms with Crippen molar-refractivity contribution in [3.63, 3.8) is 0 Å². The third kappa shape index (κ3) is 3.34. The molecule has 0 aliphatic heterocycles. The van der Waals surface area contributed by atoms with Crippen molar-refractivity contribution >= 4 is 28.5 Å². The normalized spacial score (nSPS) is 11.0. The highest BCUT2D eigenvalue weighted by Gasteiger charge is 2.10. The summed E-state index contributed by atoms with van der Waals surface area (Å²) in [7, 11) is 1.83. The van der Waals surface area contributed by atoms with Crippen molar-refractivity contribution in [2.24, 2.45) is 13.0 Å². The maximum Gasteiger partial charge on any atom is 0.338 e. The first-order chi connectivity index (χ1) is 11.5. The van der Waals surface area contributed by atoms with Crippen molar-refractivity contribution in [2.45, 2.75) is 13.8 Å². The molecular formula is C17H19N5O2. The molecule has 0 atom stereocenters. The fraction of sp³-hybridized carbons (Fsp3) is 0.294. The van der Waals surface area contributed by atoms with Crippen molar-refractivity contribution in [2.75, 3.05) is 11.9 Å². The standard InChI is InChI=1S/C17H19N5O2/c1-11(2)9-24-17(23)12-4-6-13(7-5-12)21-15-14-8-20-22(3)16(14)19-10-18-15/h4-8,10-11H,9H2,1-3H3,(H,18,19,21). The van der Waals surface area contributed by atoms with Crippen LogP contribution in [0.5, 0.6) is 0 Å². The lowest BCUT2D eigenvalue weighted by atomic mass is 10.2. The summed E-state index contributed by atoms with van der Waals surface area (Å²) >= 11 is 0. The van der Waals surface area contributed by atoms with Gasteiger partial charge in [0.2, 0.25) is 0 Å². The first-order valence-corrected chi connectivity index (χ1v) is 7.71. The fourth-order valence-corrected chi connectivity index (χ4v) is 2.21. The molecule has 2 aromatic heterocycles. The lowest BCUT2D eigenvalue weighted by Gasteiger charge is -2.09. The van der Waals surface area contributed by atoms with E-state index < -0.39 is 0 Å². The number of esters is 1. The number of anilines is 2. The van der Waals surface area contributed by atoms with Crippen molar-refractivity contribution in [1.29, 1.82) is 0 Å². The van der Waals surface area contributed by atoms with E-state index in [0.717, 1.165) is 16.7 Å². The number of benzene rings is 1. The van der Waals surface area contributed by atoms with E-state index in [1.54, 1.807) is 23.0 Å². The van der Waals surface area contributed by atoms with Crippen LogP contribution in [0.3, 0.4) is 0 Å². The van der Waals surface area contributed by atoms with Gasteiger partial charge in [-0.15, -0.1) is 0 Å². The van der Waals surface area contributed by atoms with Gasteiger partial charge in [0.05, 0.1) is 23.8 Å². The highest BCUT2D eigenvalue weighted by Crippen LogP contribution is 2.22. The Morgan fingerprint density at radius 3 is 2.71 bits per heavy atom. The summed E-state index contributed by atoms with van der Waals surface area (Å²) in [6, 6.07) is 7.09. The summed E-state index contributed by atoms with van der Waals surface area (Å²) in [5.74, 6) is 0.671. The number of nitrogens with one attached hydrogen (secondary N) is 1. The number of hydrogen-bond donors (Lipinski definition) is 1. The summed E-state index contributed by atoms with van der Waals surface area (Å²) < 4.78 is 6.91. The molecule has 24 heavy (non-hydrogen) atoms. The number of fused-ring (bicyclic) bond motifs is 1. The van der Waals surface area contributed by atoms with Gasteiger partial charge in [-0.1, -0.05) is 13.8 Å². The Labute approximate surface area is 139 Å². The lowest BCUT2D eigenvalue weighted by Crippen LogP contribution is -2.10. The molecule has 7 heteroatoms. The second kappa shape index (κ2) is 6.66. The number of aryl methyl sites for hydroxylation is 1. The van der Waals surface area contributed by atoms with Gasteiger partial charge in [0.25, 0.3) is 0 Å². The van der Waals surface area contributed by atoms with Crippen molar-refractivity contribution in [1.82, 2.24) is 19.7 Å². The maximum absolute atomic E-state index is 11.9. The minimum Gasteiger partial charge on any atom is -0.462 e. The molecule has 0 radical (unpaired) electrons. The Balaban J connectivity index is 1.75. The van der Waals surface area contributed by atoms with Crippen LogP contribution in [0.15, 0.2) is 36.8 Å². The molecule has 0 unspecified atom stereocenters. The van der Waals surface area contributed by atoms with Crippen LogP contribution in [-0.2, 0) is 11.8 Å². The van der Waals surface area contributed by atoms with Crippen LogP contribution in [0, 0.1) is 5.92 Å². The second-order valence-electron chi connectivity index (χ2n) is 5.92. The predicted molar refractivity (Wildman–Crippen MR) is 91.1 cm³/mol. The average Bonchev–Trinajstić information content (AvgIpc) is 2.96. The first kappa shape index (κ1) is 15.9. The zero-order valence-electron chi connectivity index (χ0n) is 13.9. The Kier molecular flexibility index (Phi) is 4.41. The number of aromatic nitrogens is 4.